The van der Waals surface area contributed by atoms with Crippen LogP contribution in [0.5, 0.6) is 0 Å². The second-order valence-electron chi connectivity index (χ2n) is 6.68. The van der Waals surface area contributed by atoms with Gasteiger partial charge in [-0.05, 0) is 42.7 Å². The maximum absolute atomic E-state index is 11.9. The van der Waals surface area contributed by atoms with Crippen LogP contribution in [0.3, 0.4) is 0 Å². The Morgan fingerprint density at radius 3 is 3.07 bits per heavy atom. The fraction of sp³-hybridized carbons (Fsp3) is 0.211. The van der Waals surface area contributed by atoms with Crippen LogP contribution >= 0.6 is 0 Å². The maximum atomic E-state index is 11.9. The molecule has 4 aromatic rings. The lowest BCUT2D eigenvalue weighted by molar-refractivity contribution is -0.117. The Kier molecular flexibility index (Phi) is 3.67. The summed E-state index contributed by atoms with van der Waals surface area (Å²) >= 11 is 0. The lowest BCUT2D eigenvalue weighted by Crippen LogP contribution is -2.14. The fourth-order valence-electron chi connectivity index (χ4n) is 2.93. The first kappa shape index (κ1) is 15.7. The number of nitrogens with one attached hydrogen (secondary N) is 2. The van der Waals surface area contributed by atoms with E-state index in [1.807, 2.05) is 18.2 Å². The summed E-state index contributed by atoms with van der Waals surface area (Å²) in [6, 6.07) is 9.56. The Balaban J connectivity index is 1.34. The van der Waals surface area contributed by atoms with Gasteiger partial charge in [-0.15, -0.1) is 0 Å². The number of H-pyrrole nitrogens is 1. The van der Waals surface area contributed by atoms with Gasteiger partial charge in [0.05, 0.1) is 11.7 Å². The Labute approximate surface area is 154 Å². The van der Waals surface area contributed by atoms with Crippen molar-refractivity contribution < 1.29 is 9.32 Å². The topological polar surface area (TPSA) is 110 Å². The lowest BCUT2D eigenvalue weighted by atomic mass is 10.1. The Morgan fingerprint density at radius 1 is 1.26 bits per heavy atom. The second kappa shape index (κ2) is 6.31. The van der Waals surface area contributed by atoms with Crippen molar-refractivity contribution in [1.82, 2.24) is 25.3 Å². The van der Waals surface area contributed by atoms with Crippen LogP contribution in [0.4, 0.5) is 5.82 Å². The van der Waals surface area contributed by atoms with Gasteiger partial charge in [-0.3, -0.25) is 9.89 Å². The van der Waals surface area contributed by atoms with Gasteiger partial charge in [-0.25, -0.2) is 4.98 Å². The molecule has 134 valence electrons. The van der Waals surface area contributed by atoms with Crippen molar-refractivity contribution in [3.8, 4) is 11.5 Å². The van der Waals surface area contributed by atoms with Crippen LogP contribution in [-0.2, 0) is 11.2 Å². The summed E-state index contributed by atoms with van der Waals surface area (Å²) < 4.78 is 5.40. The van der Waals surface area contributed by atoms with E-state index in [0.29, 0.717) is 24.0 Å². The van der Waals surface area contributed by atoms with Crippen molar-refractivity contribution in [1.29, 1.82) is 0 Å². The minimum absolute atomic E-state index is 0.0144. The molecule has 0 bridgehead atoms. The number of hydrogen-bond acceptors (Lipinski definition) is 6. The number of carbonyl (C=O) groups excluding carboxylic acids is 1. The number of nitrogens with zero attached hydrogens (tertiary/aromatic N) is 4. The number of aromatic nitrogens is 5. The van der Waals surface area contributed by atoms with Gasteiger partial charge in [0.25, 0.3) is 5.89 Å². The van der Waals surface area contributed by atoms with E-state index in [1.54, 1.807) is 24.5 Å². The van der Waals surface area contributed by atoms with Gasteiger partial charge < -0.3 is 9.84 Å². The smallest absolute Gasteiger partial charge is 0.258 e. The number of pyridine rings is 1. The first-order valence-corrected chi connectivity index (χ1v) is 8.76. The molecule has 0 aliphatic heterocycles. The summed E-state index contributed by atoms with van der Waals surface area (Å²) in [6.07, 6.45) is 5.86. The van der Waals surface area contributed by atoms with E-state index >= 15 is 0 Å². The van der Waals surface area contributed by atoms with E-state index in [4.69, 9.17) is 4.52 Å². The number of benzene rings is 1. The van der Waals surface area contributed by atoms with E-state index in [-0.39, 0.29) is 11.8 Å². The van der Waals surface area contributed by atoms with Gasteiger partial charge in [0.1, 0.15) is 5.82 Å². The molecule has 1 aliphatic carbocycles. The number of rotatable bonds is 5. The van der Waals surface area contributed by atoms with Crippen LogP contribution in [-0.4, -0.2) is 31.2 Å². The zero-order chi connectivity index (χ0) is 18.2. The van der Waals surface area contributed by atoms with E-state index in [9.17, 15) is 4.79 Å². The molecule has 1 saturated carbocycles. The number of carbonyl (C=O) groups is 1. The molecule has 8 heteroatoms. The fourth-order valence-corrected chi connectivity index (χ4v) is 2.93. The summed E-state index contributed by atoms with van der Waals surface area (Å²) in [4.78, 5) is 20.5. The van der Waals surface area contributed by atoms with Gasteiger partial charge in [0.15, 0.2) is 5.82 Å². The average Bonchev–Trinajstić information content (AvgIpc) is 3.26. The summed E-state index contributed by atoms with van der Waals surface area (Å²) in [5, 5.41) is 14.9. The molecule has 8 nitrogen and oxygen atoms in total. The van der Waals surface area contributed by atoms with Crippen LogP contribution in [0.25, 0.3) is 22.4 Å². The zero-order valence-corrected chi connectivity index (χ0v) is 14.3. The highest BCUT2D eigenvalue weighted by molar-refractivity contribution is 5.93. The molecule has 2 N–H and O–H groups in total. The highest BCUT2D eigenvalue weighted by Crippen LogP contribution is 2.30. The van der Waals surface area contributed by atoms with E-state index in [2.05, 4.69) is 30.6 Å². The molecule has 1 amide bonds. The van der Waals surface area contributed by atoms with E-state index in [1.165, 1.54) is 0 Å². The third-order valence-electron chi connectivity index (χ3n) is 4.54. The lowest BCUT2D eigenvalue weighted by Gasteiger charge is -2.03. The van der Waals surface area contributed by atoms with Crippen LogP contribution in [0.2, 0.25) is 0 Å². The van der Waals surface area contributed by atoms with Gasteiger partial charge in [0, 0.05) is 29.5 Å². The highest BCUT2D eigenvalue weighted by Gasteiger charge is 2.29. The van der Waals surface area contributed by atoms with E-state index < -0.39 is 0 Å². The molecule has 1 aliphatic rings. The maximum Gasteiger partial charge on any atom is 0.258 e. The molecule has 27 heavy (non-hydrogen) atoms. The highest BCUT2D eigenvalue weighted by atomic mass is 16.5. The van der Waals surface area contributed by atoms with Crippen LogP contribution < -0.4 is 5.32 Å². The number of hydrogen-bond donors (Lipinski definition) is 2. The molecule has 0 unspecified atom stereocenters. The predicted molar refractivity (Wildman–Crippen MR) is 97.8 cm³/mol. The van der Waals surface area contributed by atoms with Crippen molar-refractivity contribution in [2.45, 2.75) is 19.3 Å². The van der Waals surface area contributed by atoms with Crippen molar-refractivity contribution >= 4 is 22.6 Å². The molecule has 0 spiro atoms. The van der Waals surface area contributed by atoms with E-state index in [0.717, 1.165) is 34.9 Å². The molecular weight excluding hydrogens is 344 g/mol. The molecule has 1 aromatic carbocycles. The number of fused-ring (bicyclic) bond motifs is 1. The number of amides is 1. The molecule has 0 radical (unpaired) electrons. The van der Waals surface area contributed by atoms with Gasteiger partial charge in [0.2, 0.25) is 5.91 Å². The van der Waals surface area contributed by atoms with Crippen LogP contribution in [0.1, 0.15) is 24.2 Å². The molecular formula is C19H16N6O2. The molecule has 1 fully saturated rings. The normalized spacial score (nSPS) is 13.8. The molecule has 0 atom stereocenters. The Hall–Kier alpha value is -3.55. The van der Waals surface area contributed by atoms with Crippen LogP contribution in [0.15, 0.2) is 47.2 Å². The quantitative estimate of drug-likeness (QED) is 0.566. The summed E-state index contributed by atoms with van der Waals surface area (Å²) in [5.41, 5.74) is 2.79. The minimum Gasteiger partial charge on any atom is -0.334 e. The molecule has 0 saturated heterocycles. The average molecular weight is 360 g/mol. The van der Waals surface area contributed by atoms with Gasteiger partial charge >= 0.3 is 0 Å². The van der Waals surface area contributed by atoms with Crippen molar-refractivity contribution in [3.05, 3.63) is 54.1 Å². The SMILES string of the molecule is O=C(Nc1cc(-c2nc(Cc3ccc4[nH]ncc4c3)no2)ccn1)C1CC1. The van der Waals surface area contributed by atoms with Crippen molar-refractivity contribution in [2.75, 3.05) is 5.32 Å². The third kappa shape index (κ3) is 3.29. The predicted octanol–water partition coefficient (Wildman–Crippen LogP) is 2.95. The number of aromatic amines is 1. The first-order valence-electron chi connectivity index (χ1n) is 8.76. The third-order valence-corrected chi connectivity index (χ3v) is 4.54. The standard InChI is InChI=1S/C19H16N6O2/c26-18(12-2-3-12)22-16-9-13(5-6-20-16)19-23-17(25-27-19)8-11-1-4-15-14(7-11)10-21-24-15/h1,4-7,9-10,12H,2-3,8H2,(H,21,24)(H,20,22,26). The van der Waals surface area contributed by atoms with Crippen molar-refractivity contribution in [2.24, 2.45) is 5.92 Å². The summed E-state index contributed by atoms with van der Waals surface area (Å²) in [7, 11) is 0. The molecule has 3 aromatic heterocycles. The monoisotopic (exact) mass is 360 g/mol. The molecule has 3 heterocycles. The second-order valence-corrected chi connectivity index (χ2v) is 6.68. The minimum atomic E-state index is 0.0144. The van der Waals surface area contributed by atoms with Crippen molar-refractivity contribution in [3.63, 3.8) is 0 Å². The summed E-state index contributed by atoms with van der Waals surface area (Å²) in [6.45, 7) is 0. The summed E-state index contributed by atoms with van der Waals surface area (Å²) in [5.74, 6) is 1.63. The first-order chi connectivity index (χ1) is 13.2. The van der Waals surface area contributed by atoms with Gasteiger partial charge in [-0.1, -0.05) is 11.2 Å². The Morgan fingerprint density at radius 2 is 2.19 bits per heavy atom. The largest absolute Gasteiger partial charge is 0.334 e. The van der Waals surface area contributed by atoms with Crippen LogP contribution in [0, 0.1) is 5.92 Å². The number of anilines is 1. The Bertz CT molecular complexity index is 1130. The molecule has 5 rings (SSSR count). The van der Waals surface area contributed by atoms with Gasteiger partial charge in [-0.2, -0.15) is 10.1 Å². The zero-order valence-electron chi connectivity index (χ0n) is 14.3.